The number of carboxylic acid groups (broad SMARTS) is 1. The molecule has 2 N–H and O–H groups in total. The second kappa shape index (κ2) is 7.45. The molecule has 1 saturated heterocycles. The number of hydrogen-bond acceptors (Lipinski definition) is 4. The van der Waals surface area contributed by atoms with E-state index in [1.165, 1.54) is 43.0 Å². The fraction of sp³-hybridized carbons (Fsp3) is 0.471. The lowest BCUT2D eigenvalue weighted by Crippen LogP contribution is -2.41. The van der Waals surface area contributed by atoms with Crippen molar-refractivity contribution in [2.45, 2.75) is 26.1 Å². The number of rotatable bonds is 5. The first-order chi connectivity index (χ1) is 12.0. The predicted molar refractivity (Wildman–Crippen MR) is 86.8 cm³/mol. The first kappa shape index (κ1) is 19.9. The number of hydrogen-bond donors (Lipinski definition) is 2. The van der Waals surface area contributed by atoms with Crippen LogP contribution < -0.4 is 5.32 Å². The van der Waals surface area contributed by atoms with E-state index in [-0.39, 0.29) is 12.3 Å². The topological polar surface area (TPSA) is 86.7 Å². The van der Waals surface area contributed by atoms with Crippen LogP contribution in [0.1, 0.15) is 24.2 Å². The van der Waals surface area contributed by atoms with E-state index in [4.69, 9.17) is 5.11 Å². The van der Waals surface area contributed by atoms with Gasteiger partial charge in [-0.25, -0.2) is 0 Å². The number of nitrogens with one attached hydrogen (secondary N) is 1. The van der Waals surface area contributed by atoms with Crippen LogP contribution in [0.4, 0.5) is 18.9 Å². The number of aliphatic carboxylic acids is 1. The molecular formula is C17H19F3N2O4. The second-order valence-electron chi connectivity index (χ2n) is 6.35. The van der Waals surface area contributed by atoms with E-state index in [0.29, 0.717) is 11.3 Å². The summed E-state index contributed by atoms with van der Waals surface area (Å²) in [5, 5.41) is 11.6. The highest BCUT2D eigenvalue weighted by Gasteiger charge is 2.53. The van der Waals surface area contributed by atoms with Crippen LogP contribution in [0.25, 0.3) is 0 Å². The zero-order valence-corrected chi connectivity index (χ0v) is 14.2. The maximum absolute atomic E-state index is 13.0. The van der Waals surface area contributed by atoms with Gasteiger partial charge in [-0.2, -0.15) is 13.2 Å². The summed E-state index contributed by atoms with van der Waals surface area (Å²) in [6, 6.07) is 5.15. The molecule has 0 saturated carbocycles. The monoisotopic (exact) mass is 372 g/mol. The maximum atomic E-state index is 13.0. The van der Waals surface area contributed by atoms with Crippen LogP contribution >= 0.6 is 0 Å². The van der Waals surface area contributed by atoms with Crippen molar-refractivity contribution < 1.29 is 32.7 Å². The number of carbonyl (C=O) groups is 3. The molecule has 1 aromatic carbocycles. The van der Waals surface area contributed by atoms with Crippen molar-refractivity contribution in [3.63, 3.8) is 0 Å². The number of anilines is 1. The van der Waals surface area contributed by atoms with Crippen LogP contribution in [0, 0.1) is 11.8 Å². The maximum Gasteiger partial charge on any atom is 0.393 e. The molecule has 0 radical (unpaired) electrons. The molecule has 1 fully saturated rings. The molecule has 0 bridgehead atoms. The first-order valence-electron chi connectivity index (χ1n) is 7.96. The Bertz CT molecular complexity index is 703. The number of ketones is 1. The van der Waals surface area contributed by atoms with Crippen molar-refractivity contribution in [3.05, 3.63) is 29.8 Å². The molecule has 0 spiro atoms. The molecule has 6 nitrogen and oxygen atoms in total. The van der Waals surface area contributed by atoms with E-state index >= 15 is 0 Å². The number of amides is 1. The third-order valence-electron chi connectivity index (χ3n) is 4.57. The number of carboxylic acids is 1. The molecule has 1 heterocycles. The van der Waals surface area contributed by atoms with Crippen LogP contribution in [0.15, 0.2) is 24.3 Å². The molecule has 0 aromatic heterocycles. The predicted octanol–water partition coefficient (Wildman–Crippen LogP) is 2.41. The molecule has 2 rings (SSSR count). The van der Waals surface area contributed by atoms with Gasteiger partial charge in [-0.1, -0.05) is 0 Å². The Morgan fingerprint density at radius 2 is 1.77 bits per heavy atom. The lowest BCUT2D eigenvalue weighted by molar-refractivity contribution is -0.188. The largest absolute Gasteiger partial charge is 0.481 e. The van der Waals surface area contributed by atoms with Crippen molar-refractivity contribution in [1.29, 1.82) is 0 Å². The fourth-order valence-corrected chi connectivity index (χ4v) is 2.93. The Morgan fingerprint density at radius 1 is 1.19 bits per heavy atom. The Labute approximate surface area is 148 Å². The van der Waals surface area contributed by atoms with Gasteiger partial charge < -0.3 is 10.4 Å². The van der Waals surface area contributed by atoms with Crippen molar-refractivity contribution in [2.24, 2.45) is 11.8 Å². The molecule has 9 heteroatoms. The summed E-state index contributed by atoms with van der Waals surface area (Å²) in [4.78, 5) is 35.9. The van der Waals surface area contributed by atoms with Gasteiger partial charge >= 0.3 is 12.1 Å². The van der Waals surface area contributed by atoms with E-state index < -0.39 is 42.5 Å². The molecule has 1 aliphatic rings. The lowest BCUT2D eigenvalue weighted by atomic mass is 9.96. The minimum atomic E-state index is -4.64. The second-order valence-corrected chi connectivity index (χ2v) is 6.35. The van der Waals surface area contributed by atoms with E-state index in [9.17, 15) is 27.6 Å². The third kappa shape index (κ3) is 4.40. The molecular weight excluding hydrogens is 353 g/mol. The van der Waals surface area contributed by atoms with Crippen LogP contribution in [-0.2, 0) is 9.59 Å². The van der Waals surface area contributed by atoms with Gasteiger partial charge in [0.05, 0.1) is 17.9 Å². The highest BCUT2D eigenvalue weighted by atomic mass is 19.4. The third-order valence-corrected chi connectivity index (χ3v) is 4.57. The molecule has 0 aliphatic carbocycles. The van der Waals surface area contributed by atoms with Crippen LogP contribution in [0.3, 0.4) is 0 Å². The minimum Gasteiger partial charge on any atom is -0.481 e. The molecule has 142 valence electrons. The standard InChI is InChI=1S/C17H19F3N2O4/c1-9(15(24)21-12-5-3-11(4-6-12)10(2)23)22-7-13(16(25)26)14(8-22)17(18,19)20/h3-6,9,13-14H,7-8H2,1-2H3,(H,21,24)(H,25,26)/t9?,13-,14-/m1/s1. The van der Waals surface area contributed by atoms with Gasteiger partial charge in [-0.05, 0) is 38.1 Å². The Kier molecular flexibility index (Phi) is 5.70. The summed E-state index contributed by atoms with van der Waals surface area (Å²) in [6.45, 7) is 1.94. The average Bonchev–Trinajstić information content (AvgIpc) is 3.00. The fourth-order valence-electron chi connectivity index (χ4n) is 2.93. The van der Waals surface area contributed by atoms with Crippen LogP contribution in [0.5, 0.6) is 0 Å². The average molecular weight is 372 g/mol. The number of benzene rings is 1. The van der Waals surface area contributed by atoms with Gasteiger partial charge in [0.15, 0.2) is 5.78 Å². The van der Waals surface area contributed by atoms with Crippen molar-refractivity contribution >= 4 is 23.3 Å². The summed E-state index contributed by atoms with van der Waals surface area (Å²) in [5.74, 6) is -5.81. The molecule has 1 aromatic rings. The minimum absolute atomic E-state index is 0.133. The number of Topliss-reactive ketones (excluding diaryl/α,β-unsaturated/α-hetero) is 1. The molecule has 1 unspecified atom stereocenters. The molecule has 1 aliphatic heterocycles. The number of likely N-dealkylation sites (tertiary alicyclic amines) is 1. The Hall–Kier alpha value is -2.42. The highest BCUT2D eigenvalue weighted by molar-refractivity contribution is 5.97. The van der Waals surface area contributed by atoms with Gasteiger partial charge in [-0.15, -0.1) is 0 Å². The van der Waals surface area contributed by atoms with E-state index in [1.54, 1.807) is 0 Å². The number of nitrogens with zero attached hydrogens (tertiary/aromatic N) is 1. The number of halogens is 3. The molecule has 26 heavy (non-hydrogen) atoms. The van der Waals surface area contributed by atoms with Crippen molar-refractivity contribution in [3.8, 4) is 0 Å². The van der Waals surface area contributed by atoms with Gasteiger partial charge in [0.25, 0.3) is 0 Å². The highest BCUT2D eigenvalue weighted by Crippen LogP contribution is 2.38. The van der Waals surface area contributed by atoms with Crippen LogP contribution in [0.2, 0.25) is 0 Å². The van der Waals surface area contributed by atoms with Gasteiger partial charge in [-0.3, -0.25) is 19.3 Å². The van der Waals surface area contributed by atoms with Crippen LogP contribution in [-0.4, -0.2) is 53.0 Å². The van der Waals surface area contributed by atoms with Crippen molar-refractivity contribution in [2.75, 3.05) is 18.4 Å². The normalized spacial score (nSPS) is 22.0. The molecule has 3 atom stereocenters. The summed E-state index contributed by atoms with van der Waals surface area (Å²) >= 11 is 0. The Morgan fingerprint density at radius 3 is 2.19 bits per heavy atom. The first-order valence-corrected chi connectivity index (χ1v) is 7.96. The summed E-state index contributed by atoms with van der Waals surface area (Å²) in [7, 11) is 0. The van der Waals surface area contributed by atoms with E-state index in [0.717, 1.165) is 0 Å². The zero-order valence-electron chi connectivity index (χ0n) is 14.2. The Balaban J connectivity index is 2.06. The quantitative estimate of drug-likeness (QED) is 0.775. The van der Waals surface area contributed by atoms with E-state index in [1.807, 2.05) is 0 Å². The summed E-state index contributed by atoms with van der Waals surface area (Å²) in [5.41, 5.74) is 0.862. The van der Waals surface area contributed by atoms with Gasteiger partial charge in [0.1, 0.15) is 0 Å². The zero-order chi connectivity index (χ0) is 19.6. The summed E-state index contributed by atoms with van der Waals surface area (Å²) < 4.78 is 39.1. The summed E-state index contributed by atoms with van der Waals surface area (Å²) in [6.07, 6.45) is -4.64. The number of carbonyl (C=O) groups excluding carboxylic acids is 2. The van der Waals surface area contributed by atoms with Gasteiger partial charge in [0, 0.05) is 24.3 Å². The lowest BCUT2D eigenvalue weighted by Gasteiger charge is -2.23. The van der Waals surface area contributed by atoms with Crippen molar-refractivity contribution in [1.82, 2.24) is 4.90 Å². The van der Waals surface area contributed by atoms with Gasteiger partial charge in [0.2, 0.25) is 5.91 Å². The van der Waals surface area contributed by atoms with E-state index in [2.05, 4.69) is 5.32 Å². The molecule has 1 amide bonds. The SMILES string of the molecule is CC(=O)c1ccc(NC(=O)C(C)N2C[C@@H](C(F)(F)F)[C@H](C(=O)O)C2)cc1. The smallest absolute Gasteiger partial charge is 0.393 e. The number of alkyl halides is 3.